The molecule has 0 saturated carbocycles. The number of aryl methyl sites for hydroxylation is 1. The fourth-order valence-corrected chi connectivity index (χ4v) is 12.1. The molecule has 9 heterocycles. The summed E-state index contributed by atoms with van der Waals surface area (Å²) in [6.45, 7) is 9.90. The van der Waals surface area contributed by atoms with Crippen molar-refractivity contribution < 1.29 is 44.9 Å². The van der Waals surface area contributed by atoms with Crippen LogP contribution in [-0.4, -0.2) is 138 Å². The van der Waals surface area contributed by atoms with Gasteiger partial charge >= 0.3 is 22.4 Å². The molecule has 1 spiro atoms. The Morgan fingerprint density at radius 2 is 1.83 bits per heavy atom. The smallest absolute Gasteiger partial charge is 0.461 e. The number of anilines is 1. The van der Waals surface area contributed by atoms with Gasteiger partial charge in [-0.3, -0.25) is 9.88 Å². The zero-order chi connectivity index (χ0) is 41.6. The Balaban J connectivity index is 1.13. The van der Waals surface area contributed by atoms with Crippen LogP contribution in [0.25, 0.3) is 32.9 Å². The lowest BCUT2D eigenvalue weighted by molar-refractivity contribution is -0.783. The Labute approximate surface area is 348 Å². The van der Waals surface area contributed by atoms with Gasteiger partial charge < -0.3 is 23.3 Å². The number of amides is 1. The monoisotopic (exact) mass is 848 g/mol. The van der Waals surface area contributed by atoms with Crippen molar-refractivity contribution in [2.75, 3.05) is 70.5 Å². The van der Waals surface area contributed by atoms with E-state index in [1.54, 1.807) is 12.3 Å². The van der Waals surface area contributed by atoms with Crippen LogP contribution in [0, 0.1) is 5.82 Å². The summed E-state index contributed by atoms with van der Waals surface area (Å²) in [4.78, 5) is 32.7. The molecule has 11 rings (SSSR count). The number of fused-ring (bicyclic) bond motifs is 6. The minimum absolute atomic E-state index is 0.00169. The van der Waals surface area contributed by atoms with Crippen molar-refractivity contribution in [2.24, 2.45) is 0 Å². The van der Waals surface area contributed by atoms with Crippen LogP contribution in [0.5, 0.6) is 11.8 Å². The Morgan fingerprint density at radius 1 is 1.03 bits per heavy atom. The maximum Gasteiger partial charge on any atom is 0.516 e. The van der Waals surface area contributed by atoms with Crippen molar-refractivity contribution in [1.82, 2.24) is 24.2 Å². The minimum atomic E-state index is -4.28. The molecule has 7 aliphatic rings. The van der Waals surface area contributed by atoms with Crippen molar-refractivity contribution in [3.63, 3.8) is 0 Å². The standard InChI is InChI=1S/C43H52F2N7O7S/c1-27-22-51(23-28(2)58-27)60(54,55)59-32-18-30-9-4-8-29-10-5-17-56-41(53)52(15-16-52)42(3)11-6-13-49(25-42)39-34-21-46-37(33(19-32)35(29)30)36(45)38(34)47-40(48-39)57-26-43-12-7-14-50(43)24-31(44)20-43/h4,8-9,18-19,21,27-28,31H,5-7,10-17,20,22-26H2,1-3H3/q+1/t27-,28+,31-,42-,43+/m1/s1. The van der Waals surface area contributed by atoms with Crippen molar-refractivity contribution in [3.8, 4) is 23.0 Å². The third kappa shape index (κ3) is 6.75. The molecule has 0 unspecified atom stereocenters. The lowest BCUT2D eigenvalue weighted by Crippen LogP contribution is -2.61. The minimum Gasteiger partial charge on any atom is -0.461 e. The highest BCUT2D eigenvalue weighted by molar-refractivity contribution is 7.84. The molecule has 320 valence electrons. The summed E-state index contributed by atoms with van der Waals surface area (Å²) in [6.07, 6.45) is 4.35. The largest absolute Gasteiger partial charge is 0.516 e. The number of hydrogen-bond donors (Lipinski definition) is 0. The summed E-state index contributed by atoms with van der Waals surface area (Å²) in [5.41, 5.74) is 0.125. The first-order valence-electron chi connectivity index (χ1n) is 21.4. The van der Waals surface area contributed by atoms with Crippen LogP contribution < -0.4 is 13.8 Å². The highest BCUT2D eigenvalue weighted by Crippen LogP contribution is 2.46. The molecule has 1 amide bonds. The number of alkyl halides is 1. The summed E-state index contributed by atoms with van der Waals surface area (Å²) in [7, 11) is -4.28. The van der Waals surface area contributed by atoms with Gasteiger partial charge in [-0.2, -0.15) is 27.5 Å². The van der Waals surface area contributed by atoms with Gasteiger partial charge in [0.25, 0.3) is 0 Å². The van der Waals surface area contributed by atoms with Gasteiger partial charge in [0.05, 0.1) is 36.3 Å². The molecule has 14 nitrogen and oxygen atoms in total. The van der Waals surface area contributed by atoms with E-state index >= 15 is 4.39 Å². The van der Waals surface area contributed by atoms with Gasteiger partial charge in [0.1, 0.15) is 54.2 Å². The number of piperidine rings is 1. The van der Waals surface area contributed by atoms with Gasteiger partial charge in [0, 0.05) is 50.8 Å². The molecule has 60 heavy (non-hydrogen) atoms. The van der Waals surface area contributed by atoms with Crippen LogP contribution in [0.15, 0.2) is 36.5 Å². The average molecular weight is 849 g/mol. The van der Waals surface area contributed by atoms with Crippen LogP contribution in [-0.2, 0) is 26.2 Å². The molecule has 6 bridgehead atoms. The van der Waals surface area contributed by atoms with Gasteiger partial charge in [-0.25, -0.2) is 13.3 Å². The Kier molecular flexibility index (Phi) is 9.74. The topological polar surface area (TPSA) is 137 Å². The fraction of sp³-hybridized carbons (Fsp3) is 0.581. The van der Waals surface area contributed by atoms with E-state index in [0.717, 1.165) is 37.8 Å². The first-order chi connectivity index (χ1) is 28.8. The average Bonchev–Trinajstić information content (AvgIpc) is 3.87. The first kappa shape index (κ1) is 39.8. The Morgan fingerprint density at radius 3 is 2.63 bits per heavy atom. The number of ether oxygens (including phenoxy) is 3. The molecule has 0 aliphatic carbocycles. The van der Waals surface area contributed by atoms with Gasteiger partial charge in [-0.15, -0.1) is 0 Å². The molecule has 17 heteroatoms. The number of nitrogens with zero attached hydrogens (tertiary/aromatic N) is 7. The Bertz CT molecular complexity index is 2480. The van der Waals surface area contributed by atoms with E-state index in [0.29, 0.717) is 79.5 Å². The van der Waals surface area contributed by atoms with E-state index in [1.807, 2.05) is 32.0 Å². The number of quaternary nitrogens is 1. The van der Waals surface area contributed by atoms with Gasteiger partial charge in [-0.1, -0.05) is 18.2 Å². The molecule has 2 aromatic carbocycles. The van der Waals surface area contributed by atoms with Crippen LogP contribution in [0.2, 0.25) is 0 Å². The number of halogens is 2. The SMILES string of the molecule is C[C@@H]1CN(S(=O)(=O)Oc2cc3c4c(cccc4c2)CCCOC(=O)[N+]2(CC2)[C@]2(C)CCCN(C2)c2nc(OC[C@@]45CCCN4C[C@H](F)C5)nc4c(F)c-3ncc24)C[C@H](C)O1. The van der Waals surface area contributed by atoms with Crippen LogP contribution in [0.3, 0.4) is 0 Å². The second-order valence-electron chi connectivity index (χ2n) is 18.1. The summed E-state index contributed by atoms with van der Waals surface area (Å²) in [5.74, 6) is -0.289. The van der Waals surface area contributed by atoms with Gasteiger partial charge in [0.15, 0.2) is 5.82 Å². The number of carbonyl (C=O) groups excluding carboxylic acids is 1. The van der Waals surface area contributed by atoms with E-state index in [1.165, 1.54) is 10.4 Å². The van der Waals surface area contributed by atoms with Gasteiger partial charge in [0.2, 0.25) is 0 Å². The highest BCUT2D eigenvalue weighted by atomic mass is 32.2. The molecular formula is C43H52F2N7O7S+. The summed E-state index contributed by atoms with van der Waals surface area (Å²) in [5, 5.41) is 1.65. The van der Waals surface area contributed by atoms with E-state index in [9.17, 15) is 17.6 Å². The first-order valence-corrected chi connectivity index (χ1v) is 22.7. The van der Waals surface area contributed by atoms with Crippen molar-refractivity contribution in [3.05, 3.63) is 47.9 Å². The second-order valence-corrected chi connectivity index (χ2v) is 19.7. The molecule has 5 atom stereocenters. The third-order valence-electron chi connectivity index (χ3n) is 13.9. The number of carbonyl (C=O) groups is 1. The Hall–Kier alpha value is -4.29. The van der Waals surface area contributed by atoms with Gasteiger partial charge in [-0.05, 0) is 87.9 Å². The van der Waals surface area contributed by atoms with E-state index in [4.69, 9.17) is 33.3 Å². The van der Waals surface area contributed by atoms with Crippen LogP contribution in [0.1, 0.15) is 64.9 Å². The van der Waals surface area contributed by atoms with E-state index < -0.39 is 33.4 Å². The number of morpholine rings is 1. The lowest BCUT2D eigenvalue weighted by atomic mass is 9.89. The molecule has 7 aliphatic heterocycles. The van der Waals surface area contributed by atoms with Crippen molar-refractivity contribution >= 4 is 43.9 Å². The quantitative estimate of drug-likeness (QED) is 0.168. The lowest BCUT2D eigenvalue weighted by Gasteiger charge is -2.44. The highest BCUT2D eigenvalue weighted by Gasteiger charge is 2.65. The summed E-state index contributed by atoms with van der Waals surface area (Å²) >= 11 is 0. The molecule has 5 saturated heterocycles. The summed E-state index contributed by atoms with van der Waals surface area (Å²) < 4.78 is 85.6. The zero-order valence-corrected chi connectivity index (χ0v) is 35.2. The summed E-state index contributed by atoms with van der Waals surface area (Å²) in [6, 6.07) is 8.76. The zero-order valence-electron chi connectivity index (χ0n) is 34.4. The normalized spacial score (nSPS) is 29.6. The molecular weight excluding hydrogens is 797 g/mol. The number of rotatable bonds is 6. The maximum atomic E-state index is 17.7. The second kappa shape index (κ2) is 14.7. The van der Waals surface area contributed by atoms with Crippen LogP contribution >= 0.6 is 0 Å². The van der Waals surface area contributed by atoms with E-state index in [-0.39, 0.29) is 72.1 Å². The maximum absolute atomic E-state index is 17.7. The number of pyridine rings is 1. The molecule has 4 aromatic rings. The number of benzene rings is 2. The molecule has 0 radical (unpaired) electrons. The van der Waals surface area contributed by atoms with E-state index in [2.05, 4.69) is 16.7 Å². The molecule has 5 fully saturated rings. The fourth-order valence-electron chi connectivity index (χ4n) is 10.9. The predicted octanol–water partition coefficient (Wildman–Crippen LogP) is 5.94. The predicted molar refractivity (Wildman–Crippen MR) is 219 cm³/mol. The molecule has 2 aromatic heterocycles. The van der Waals surface area contributed by atoms with Crippen molar-refractivity contribution in [1.29, 1.82) is 0 Å². The molecule has 0 N–H and O–H groups in total. The van der Waals surface area contributed by atoms with Crippen molar-refractivity contribution in [2.45, 2.75) is 95.2 Å². The third-order valence-corrected chi connectivity index (χ3v) is 15.2. The number of hydrogen-bond acceptors (Lipinski definition) is 12. The van der Waals surface area contributed by atoms with Crippen LogP contribution in [0.4, 0.5) is 19.4 Å². The number of aromatic nitrogens is 3.